The van der Waals surface area contributed by atoms with E-state index in [9.17, 15) is 4.79 Å². The maximum atomic E-state index is 10.9. The van der Waals surface area contributed by atoms with Crippen LogP contribution in [0.4, 0.5) is 0 Å². The quantitative estimate of drug-likeness (QED) is 0.670. The summed E-state index contributed by atoms with van der Waals surface area (Å²) in [6, 6.07) is 0. The number of nitrogens with one attached hydrogen (secondary N) is 1. The summed E-state index contributed by atoms with van der Waals surface area (Å²) in [6.07, 6.45) is 6.21. The van der Waals surface area contributed by atoms with E-state index in [0.29, 0.717) is 11.3 Å². The van der Waals surface area contributed by atoms with Gasteiger partial charge in [-0.15, -0.1) is 0 Å². The van der Waals surface area contributed by atoms with Gasteiger partial charge in [0.15, 0.2) is 0 Å². The van der Waals surface area contributed by atoms with E-state index in [4.69, 9.17) is 5.73 Å². The Labute approximate surface area is 124 Å². The molecule has 0 unspecified atom stereocenters. The molecular weight excluding hydrogens is 250 g/mol. The molecule has 0 aromatic carbocycles. The summed E-state index contributed by atoms with van der Waals surface area (Å²) in [5.41, 5.74) is 6.05. The molecule has 1 amide bonds. The van der Waals surface area contributed by atoms with Crippen molar-refractivity contribution in [2.45, 2.75) is 52.9 Å². The van der Waals surface area contributed by atoms with Crippen LogP contribution in [0.5, 0.6) is 0 Å². The average molecular weight is 283 g/mol. The van der Waals surface area contributed by atoms with Crippen LogP contribution in [0.15, 0.2) is 0 Å². The van der Waals surface area contributed by atoms with Crippen LogP contribution in [0.25, 0.3) is 0 Å². The van der Waals surface area contributed by atoms with Crippen LogP contribution < -0.4 is 11.1 Å². The predicted molar refractivity (Wildman–Crippen MR) is 84.5 cm³/mol. The molecule has 118 valence electrons. The summed E-state index contributed by atoms with van der Waals surface area (Å²) in [4.78, 5) is 13.5. The maximum absolute atomic E-state index is 10.9. The molecule has 1 aliphatic rings. The number of hydrogen-bond donors (Lipinski definition) is 2. The summed E-state index contributed by atoms with van der Waals surface area (Å²) in [6.45, 7) is 11.3. The molecule has 1 aliphatic heterocycles. The number of nitrogens with zero attached hydrogens (tertiary/aromatic N) is 1. The standard InChI is InChI=1S/C16H33N3O/c1-14(20)18-12-15-6-10-19(11-7-15)9-5-4-8-16(2,3)13-17/h15H,4-13,17H2,1-3H3,(H,18,20). The Morgan fingerprint density at radius 2 is 1.95 bits per heavy atom. The molecule has 20 heavy (non-hydrogen) atoms. The molecule has 1 fully saturated rings. The zero-order chi connectivity index (χ0) is 15.0. The molecule has 4 heteroatoms. The van der Waals surface area contributed by atoms with Crippen LogP contribution in [0.2, 0.25) is 0 Å². The zero-order valence-electron chi connectivity index (χ0n) is 13.6. The lowest BCUT2D eigenvalue weighted by atomic mass is 9.87. The Kier molecular flexibility index (Phi) is 7.52. The van der Waals surface area contributed by atoms with Crippen molar-refractivity contribution in [3.05, 3.63) is 0 Å². The number of piperidine rings is 1. The molecule has 4 nitrogen and oxygen atoms in total. The van der Waals surface area contributed by atoms with Crippen molar-refractivity contribution in [2.24, 2.45) is 17.1 Å². The molecule has 1 saturated heterocycles. The second-order valence-electron chi connectivity index (χ2n) is 7.05. The SMILES string of the molecule is CC(=O)NCC1CCN(CCCCC(C)(C)CN)CC1. The van der Waals surface area contributed by atoms with Crippen molar-refractivity contribution >= 4 is 5.91 Å². The summed E-state index contributed by atoms with van der Waals surface area (Å²) in [5.74, 6) is 0.765. The smallest absolute Gasteiger partial charge is 0.216 e. The minimum atomic E-state index is 0.0925. The van der Waals surface area contributed by atoms with Crippen molar-refractivity contribution in [3.63, 3.8) is 0 Å². The van der Waals surface area contributed by atoms with Gasteiger partial charge in [-0.1, -0.05) is 20.3 Å². The van der Waals surface area contributed by atoms with E-state index < -0.39 is 0 Å². The minimum Gasteiger partial charge on any atom is -0.356 e. The van der Waals surface area contributed by atoms with Crippen LogP contribution in [-0.2, 0) is 4.79 Å². The number of rotatable bonds is 8. The van der Waals surface area contributed by atoms with E-state index in [1.165, 1.54) is 51.7 Å². The van der Waals surface area contributed by atoms with Gasteiger partial charge in [-0.3, -0.25) is 4.79 Å². The highest BCUT2D eigenvalue weighted by Crippen LogP contribution is 2.22. The number of amides is 1. The lowest BCUT2D eigenvalue weighted by molar-refractivity contribution is -0.119. The zero-order valence-corrected chi connectivity index (χ0v) is 13.6. The highest BCUT2D eigenvalue weighted by molar-refractivity contribution is 5.72. The van der Waals surface area contributed by atoms with Gasteiger partial charge in [-0.2, -0.15) is 0 Å². The normalized spacial score (nSPS) is 18.2. The summed E-state index contributed by atoms with van der Waals surface area (Å²) < 4.78 is 0. The summed E-state index contributed by atoms with van der Waals surface area (Å²) in [5, 5.41) is 2.94. The van der Waals surface area contributed by atoms with E-state index in [2.05, 4.69) is 24.1 Å². The highest BCUT2D eigenvalue weighted by atomic mass is 16.1. The highest BCUT2D eigenvalue weighted by Gasteiger charge is 2.19. The van der Waals surface area contributed by atoms with Gasteiger partial charge in [0.05, 0.1) is 0 Å². The first kappa shape index (κ1) is 17.4. The molecule has 0 aromatic heterocycles. The van der Waals surface area contributed by atoms with Crippen molar-refractivity contribution in [2.75, 3.05) is 32.7 Å². The molecule has 0 bridgehead atoms. The monoisotopic (exact) mass is 283 g/mol. The Bertz CT molecular complexity index is 283. The molecule has 0 radical (unpaired) electrons. The van der Waals surface area contributed by atoms with Gasteiger partial charge in [0, 0.05) is 13.5 Å². The van der Waals surface area contributed by atoms with Crippen LogP contribution in [0, 0.1) is 11.3 Å². The van der Waals surface area contributed by atoms with Crippen LogP contribution in [-0.4, -0.2) is 43.5 Å². The Morgan fingerprint density at radius 3 is 2.50 bits per heavy atom. The fourth-order valence-corrected chi connectivity index (χ4v) is 2.74. The van der Waals surface area contributed by atoms with Crippen LogP contribution >= 0.6 is 0 Å². The second kappa shape index (κ2) is 8.63. The molecule has 0 aromatic rings. The first-order chi connectivity index (χ1) is 9.43. The Morgan fingerprint density at radius 1 is 1.30 bits per heavy atom. The van der Waals surface area contributed by atoms with Crippen molar-refractivity contribution in [3.8, 4) is 0 Å². The first-order valence-corrected chi connectivity index (χ1v) is 8.10. The molecule has 0 spiro atoms. The molecule has 0 atom stereocenters. The fourth-order valence-electron chi connectivity index (χ4n) is 2.74. The second-order valence-corrected chi connectivity index (χ2v) is 7.05. The van der Waals surface area contributed by atoms with Gasteiger partial charge < -0.3 is 16.0 Å². The number of nitrogens with two attached hydrogens (primary N) is 1. The van der Waals surface area contributed by atoms with Crippen LogP contribution in [0.3, 0.4) is 0 Å². The minimum absolute atomic E-state index is 0.0925. The first-order valence-electron chi connectivity index (χ1n) is 8.10. The van der Waals surface area contributed by atoms with E-state index >= 15 is 0 Å². The third-order valence-electron chi connectivity index (χ3n) is 4.48. The fraction of sp³-hybridized carbons (Fsp3) is 0.938. The number of hydrogen-bond acceptors (Lipinski definition) is 3. The van der Waals surface area contributed by atoms with Crippen molar-refractivity contribution in [1.29, 1.82) is 0 Å². The number of likely N-dealkylation sites (tertiary alicyclic amines) is 1. The molecule has 3 N–H and O–H groups in total. The van der Waals surface area contributed by atoms with Crippen molar-refractivity contribution < 1.29 is 4.79 Å². The van der Waals surface area contributed by atoms with E-state index in [1.54, 1.807) is 6.92 Å². The lowest BCUT2D eigenvalue weighted by Crippen LogP contribution is -2.38. The van der Waals surface area contributed by atoms with Gasteiger partial charge in [0.1, 0.15) is 0 Å². The average Bonchev–Trinajstić information content (AvgIpc) is 2.42. The Hall–Kier alpha value is -0.610. The molecule has 0 aliphatic carbocycles. The third kappa shape index (κ3) is 7.25. The van der Waals surface area contributed by atoms with E-state index in [0.717, 1.165) is 13.1 Å². The van der Waals surface area contributed by atoms with Gasteiger partial charge >= 0.3 is 0 Å². The van der Waals surface area contributed by atoms with Gasteiger partial charge in [-0.05, 0) is 63.2 Å². The van der Waals surface area contributed by atoms with E-state index in [1.807, 2.05) is 0 Å². The molecular formula is C16H33N3O. The Balaban J connectivity index is 2.06. The number of carbonyl (C=O) groups excluding carboxylic acids is 1. The largest absolute Gasteiger partial charge is 0.356 e. The molecule has 1 heterocycles. The van der Waals surface area contributed by atoms with Crippen molar-refractivity contribution in [1.82, 2.24) is 10.2 Å². The molecule has 0 saturated carbocycles. The topological polar surface area (TPSA) is 58.4 Å². The van der Waals surface area contributed by atoms with Crippen LogP contribution in [0.1, 0.15) is 52.9 Å². The maximum Gasteiger partial charge on any atom is 0.216 e. The summed E-state index contributed by atoms with van der Waals surface area (Å²) >= 11 is 0. The van der Waals surface area contributed by atoms with Gasteiger partial charge in [0.25, 0.3) is 0 Å². The number of carbonyl (C=O) groups is 1. The van der Waals surface area contributed by atoms with Gasteiger partial charge in [0.2, 0.25) is 5.91 Å². The molecule has 1 rings (SSSR count). The van der Waals surface area contributed by atoms with Gasteiger partial charge in [-0.25, -0.2) is 0 Å². The van der Waals surface area contributed by atoms with E-state index in [-0.39, 0.29) is 5.91 Å². The third-order valence-corrected chi connectivity index (χ3v) is 4.48. The lowest BCUT2D eigenvalue weighted by Gasteiger charge is -2.32. The predicted octanol–water partition coefficient (Wildman–Crippen LogP) is 1.99. The number of unbranched alkanes of at least 4 members (excludes halogenated alkanes) is 1. The summed E-state index contributed by atoms with van der Waals surface area (Å²) in [7, 11) is 0.